The van der Waals surface area contributed by atoms with Crippen molar-refractivity contribution in [3.63, 3.8) is 0 Å². The number of allylic oxidation sites excluding steroid dienone is 1. The van der Waals surface area contributed by atoms with Gasteiger partial charge >= 0.3 is 18.4 Å². The molecule has 3 aliphatic heterocycles. The van der Waals surface area contributed by atoms with Crippen molar-refractivity contribution < 1.29 is 50.2 Å². The van der Waals surface area contributed by atoms with Gasteiger partial charge < -0.3 is 24.6 Å². The Bertz CT molecular complexity index is 1650. The predicted octanol–water partition coefficient (Wildman–Crippen LogP) is 6.30. The number of urea groups is 1. The zero-order valence-electron chi connectivity index (χ0n) is 28.2. The highest BCUT2D eigenvalue weighted by Gasteiger charge is 2.73. The summed E-state index contributed by atoms with van der Waals surface area (Å²) in [5, 5.41) is 2.70. The lowest BCUT2D eigenvalue weighted by Crippen LogP contribution is -2.56. The molecule has 2 saturated heterocycles. The first-order valence-corrected chi connectivity index (χ1v) is 16.5. The summed E-state index contributed by atoms with van der Waals surface area (Å²) in [5.41, 5.74) is -5.01. The number of ether oxygens (including phenoxy) is 2. The summed E-state index contributed by atoms with van der Waals surface area (Å²) in [4.78, 5) is 44.0. The lowest BCUT2D eigenvalue weighted by molar-refractivity contribution is -0.389. The first kappa shape index (κ1) is 37.0. The molecular weight excluding hydrogens is 670 g/mol. The van der Waals surface area contributed by atoms with Gasteiger partial charge in [-0.3, -0.25) is 14.5 Å². The minimum atomic E-state index is -5.80. The van der Waals surface area contributed by atoms with E-state index in [1.54, 1.807) is 44.7 Å². The van der Waals surface area contributed by atoms with Crippen molar-refractivity contribution >= 4 is 29.6 Å². The van der Waals surface area contributed by atoms with Crippen molar-refractivity contribution in [2.24, 2.45) is 0 Å². The number of amides is 4. The van der Waals surface area contributed by atoms with Gasteiger partial charge in [0.2, 0.25) is 5.91 Å². The molecule has 15 heteroatoms. The van der Waals surface area contributed by atoms with Crippen LogP contribution in [-0.4, -0.2) is 85.4 Å². The number of alkyl halides is 6. The summed E-state index contributed by atoms with van der Waals surface area (Å²) in [5.74, 6) is -0.446. The molecule has 1 N–H and O–H groups in total. The standard InChI is InChI=1S/C35H40F6N4O5/c1-5-7-16-50-33(34(36,37)38,35(39,40)41)26-11-12-27(24(18-26)8-6-2)44-15-14-43(20-22(44)3)29(46)21-45-30(47)32(4,42-31(45)48)25-10-9-23-13-17-49-28(23)19-25/h6,8-12,18-19,22H,5,7,13-17,20-21H2,1-4H3,(H,42,48)/b8-6-/t22-,32?/m0/s1. The molecule has 0 radical (unpaired) electrons. The Morgan fingerprint density at radius 1 is 1.08 bits per heavy atom. The van der Waals surface area contributed by atoms with Crippen LogP contribution in [0.15, 0.2) is 42.5 Å². The fourth-order valence-electron chi connectivity index (χ4n) is 6.74. The van der Waals surface area contributed by atoms with Crippen molar-refractivity contribution in [2.75, 3.05) is 44.3 Å². The van der Waals surface area contributed by atoms with Crippen LogP contribution in [-0.2, 0) is 31.9 Å². The number of unbranched alkanes of at least 4 members (excludes halogenated alkanes) is 1. The number of carbonyl (C=O) groups excluding carboxylic acids is 3. The SMILES string of the molecule is C/C=C\c1cc(C(OCCCC)(C(F)(F)F)C(F)(F)F)ccc1N1CCN(C(=O)CN2C(=O)NC(C)(c3ccc4c(c3)OCC4)C2=O)C[C@@H]1C. The Labute approximate surface area is 286 Å². The van der Waals surface area contributed by atoms with Gasteiger partial charge in [0.25, 0.3) is 11.5 Å². The number of nitrogens with one attached hydrogen (secondary N) is 1. The van der Waals surface area contributed by atoms with E-state index in [-0.39, 0.29) is 31.6 Å². The summed E-state index contributed by atoms with van der Waals surface area (Å²) in [6.45, 7) is 6.24. The van der Waals surface area contributed by atoms with E-state index < -0.39 is 66.1 Å². The predicted molar refractivity (Wildman–Crippen MR) is 172 cm³/mol. The van der Waals surface area contributed by atoms with E-state index in [2.05, 4.69) is 5.32 Å². The van der Waals surface area contributed by atoms with Crippen molar-refractivity contribution in [1.82, 2.24) is 15.1 Å². The van der Waals surface area contributed by atoms with E-state index in [1.165, 1.54) is 23.1 Å². The van der Waals surface area contributed by atoms with Gasteiger partial charge in [-0.25, -0.2) is 4.79 Å². The smallest absolute Gasteiger partial charge is 0.430 e. The molecule has 0 aromatic heterocycles. The molecule has 2 fully saturated rings. The van der Waals surface area contributed by atoms with Crippen LogP contribution >= 0.6 is 0 Å². The van der Waals surface area contributed by atoms with E-state index in [1.807, 2.05) is 6.07 Å². The number of hydrogen-bond donors (Lipinski definition) is 1. The van der Waals surface area contributed by atoms with Crippen LogP contribution in [0.25, 0.3) is 6.08 Å². The molecule has 2 atom stereocenters. The quantitative estimate of drug-likeness (QED) is 0.177. The van der Waals surface area contributed by atoms with E-state index in [4.69, 9.17) is 9.47 Å². The van der Waals surface area contributed by atoms with Crippen LogP contribution in [0, 0.1) is 0 Å². The van der Waals surface area contributed by atoms with Crippen molar-refractivity contribution in [3.8, 4) is 5.75 Å². The summed E-state index contributed by atoms with van der Waals surface area (Å²) in [6, 6.07) is 7.02. The van der Waals surface area contributed by atoms with Gasteiger partial charge in [-0.1, -0.05) is 43.7 Å². The second-order valence-electron chi connectivity index (χ2n) is 12.9. The molecule has 3 aliphatic rings. The lowest BCUT2D eigenvalue weighted by Gasteiger charge is -2.42. The lowest BCUT2D eigenvalue weighted by atomic mass is 9.89. The second-order valence-corrected chi connectivity index (χ2v) is 12.9. The fourth-order valence-corrected chi connectivity index (χ4v) is 6.74. The third-order valence-corrected chi connectivity index (χ3v) is 9.53. The monoisotopic (exact) mass is 710 g/mol. The van der Waals surface area contributed by atoms with Crippen LogP contribution < -0.4 is 15.0 Å². The van der Waals surface area contributed by atoms with Gasteiger partial charge in [0, 0.05) is 50.0 Å². The number of piperazine rings is 1. The highest BCUT2D eigenvalue weighted by molar-refractivity contribution is 6.09. The number of imide groups is 1. The maximum absolute atomic E-state index is 14.3. The van der Waals surface area contributed by atoms with Gasteiger partial charge in [-0.2, -0.15) is 26.3 Å². The van der Waals surface area contributed by atoms with Gasteiger partial charge in [0.05, 0.1) is 6.61 Å². The number of hydrogen-bond acceptors (Lipinski definition) is 6. The Morgan fingerprint density at radius 2 is 1.80 bits per heavy atom. The molecule has 9 nitrogen and oxygen atoms in total. The first-order chi connectivity index (χ1) is 23.5. The normalized spacial score (nSPS) is 21.6. The molecule has 3 heterocycles. The number of rotatable bonds is 10. The summed E-state index contributed by atoms with van der Waals surface area (Å²) in [7, 11) is 0. The highest BCUT2D eigenvalue weighted by Crippen LogP contribution is 2.53. The third kappa shape index (κ3) is 6.51. The molecule has 50 heavy (non-hydrogen) atoms. The van der Waals surface area contributed by atoms with Crippen LogP contribution in [0.4, 0.5) is 36.8 Å². The minimum Gasteiger partial charge on any atom is -0.493 e. The highest BCUT2D eigenvalue weighted by atomic mass is 19.4. The minimum absolute atomic E-state index is 0.00813. The van der Waals surface area contributed by atoms with Gasteiger partial charge in [-0.15, -0.1) is 0 Å². The molecule has 0 spiro atoms. The molecule has 1 unspecified atom stereocenters. The van der Waals surface area contributed by atoms with E-state index in [9.17, 15) is 40.7 Å². The van der Waals surface area contributed by atoms with Crippen molar-refractivity contribution in [2.45, 2.75) is 76.5 Å². The number of nitrogens with zero attached hydrogens (tertiary/aromatic N) is 3. The molecule has 272 valence electrons. The van der Waals surface area contributed by atoms with E-state index >= 15 is 0 Å². The number of fused-ring (bicyclic) bond motifs is 1. The summed E-state index contributed by atoms with van der Waals surface area (Å²) < 4.78 is 96.4. The first-order valence-electron chi connectivity index (χ1n) is 16.5. The Hall–Kier alpha value is -4.27. The van der Waals surface area contributed by atoms with Crippen molar-refractivity contribution in [1.29, 1.82) is 0 Å². The number of benzene rings is 2. The van der Waals surface area contributed by atoms with Gasteiger partial charge in [-0.05, 0) is 62.1 Å². The average molecular weight is 711 g/mol. The second kappa shape index (κ2) is 13.8. The number of carbonyl (C=O) groups is 3. The molecule has 4 amide bonds. The summed E-state index contributed by atoms with van der Waals surface area (Å²) in [6.07, 6.45) is -7.57. The zero-order valence-corrected chi connectivity index (χ0v) is 28.2. The molecule has 0 bridgehead atoms. The number of anilines is 1. The Kier molecular flexibility index (Phi) is 10.2. The number of halogens is 6. The van der Waals surface area contributed by atoms with E-state index in [0.29, 0.717) is 30.0 Å². The van der Waals surface area contributed by atoms with E-state index in [0.717, 1.165) is 29.0 Å². The maximum atomic E-state index is 14.3. The molecule has 0 saturated carbocycles. The molecule has 2 aromatic carbocycles. The molecular formula is C35H40F6N4O5. The third-order valence-electron chi connectivity index (χ3n) is 9.53. The van der Waals surface area contributed by atoms with Gasteiger partial charge in [0.15, 0.2) is 0 Å². The molecule has 5 rings (SSSR count). The van der Waals surface area contributed by atoms with Crippen LogP contribution in [0.5, 0.6) is 5.75 Å². The van der Waals surface area contributed by atoms with Crippen LogP contribution in [0.3, 0.4) is 0 Å². The summed E-state index contributed by atoms with van der Waals surface area (Å²) >= 11 is 0. The van der Waals surface area contributed by atoms with Gasteiger partial charge in [0.1, 0.15) is 17.8 Å². The zero-order chi connectivity index (χ0) is 36.6. The van der Waals surface area contributed by atoms with Crippen LogP contribution in [0.1, 0.15) is 62.8 Å². The average Bonchev–Trinajstić information content (AvgIpc) is 3.60. The molecule has 2 aromatic rings. The van der Waals surface area contributed by atoms with Crippen LogP contribution in [0.2, 0.25) is 0 Å². The Morgan fingerprint density at radius 3 is 2.44 bits per heavy atom. The maximum Gasteiger partial charge on any atom is 0.430 e. The van der Waals surface area contributed by atoms with Crippen molar-refractivity contribution in [3.05, 3.63) is 64.7 Å². The Balaban J connectivity index is 1.33. The molecule has 0 aliphatic carbocycles. The topological polar surface area (TPSA) is 91.4 Å². The largest absolute Gasteiger partial charge is 0.493 e. The fraction of sp³-hybridized carbons (Fsp3) is 0.514.